The van der Waals surface area contributed by atoms with Gasteiger partial charge in [-0.15, -0.1) is 0 Å². The molecular weight excluding hydrogens is 354 g/mol. The second-order valence-corrected chi connectivity index (χ2v) is 10.6. The maximum atomic E-state index is 2.37. The Balaban J connectivity index is 1.83. The molecule has 0 aromatic heterocycles. The first-order valence-corrected chi connectivity index (χ1v) is 13.9. The van der Waals surface area contributed by atoms with Gasteiger partial charge in [-0.1, -0.05) is 120 Å². The molecule has 1 aromatic carbocycles. The lowest BCUT2D eigenvalue weighted by Gasteiger charge is -2.30. The van der Waals surface area contributed by atoms with E-state index >= 15 is 0 Å². The third-order valence-corrected chi connectivity index (χ3v) is 6.78. The molecule has 0 amide bonds. The van der Waals surface area contributed by atoms with E-state index in [9.17, 15) is 0 Å². The molecule has 0 unspecified atom stereocenters. The molecule has 0 aliphatic carbocycles. The maximum absolute atomic E-state index is 2.37. The molecule has 0 atom stereocenters. The molecule has 0 aliphatic rings. The van der Waals surface area contributed by atoms with E-state index in [4.69, 9.17) is 0 Å². The minimum Gasteiger partial charge on any atom is -0.325 e. The highest BCUT2D eigenvalue weighted by molar-refractivity contribution is 6.08. The highest BCUT2D eigenvalue weighted by atomic mass is 28.1. The van der Waals surface area contributed by atoms with E-state index in [1.54, 1.807) is 0 Å². The van der Waals surface area contributed by atoms with Gasteiger partial charge in [0.2, 0.25) is 0 Å². The van der Waals surface area contributed by atoms with Crippen molar-refractivity contribution in [3.05, 3.63) is 35.9 Å². The van der Waals surface area contributed by atoms with E-state index in [1.807, 2.05) is 0 Å². The zero-order chi connectivity index (χ0) is 20.3. The standard InChI is InChI=1S/C26H50NSi/c1-27(2,25-26-21-17-16-18-22-26)23-19-14-12-10-8-6-4-3-5-7-9-11-13-15-20-24-28/h16-18,21-22H,3-15,19-20,23-25H2,1-2,28H3/q+1. The van der Waals surface area contributed by atoms with Crippen molar-refractivity contribution in [2.45, 2.75) is 109 Å². The van der Waals surface area contributed by atoms with Crippen LogP contribution < -0.4 is 0 Å². The van der Waals surface area contributed by atoms with Gasteiger partial charge in [0.1, 0.15) is 6.54 Å². The average Bonchev–Trinajstić information content (AvgIpc) is 2.68. The molecule has 0 aliphatic heterocycles. The maximum Gasteiger partial charge on any atom is 0.104 e. The van der Waals surface area contributed by atoms with Crippen LogP contribution in [0.4, 0.5) is 0 Å². The molecule has 0 radical (unpaired) electrons. The van der Waals surface area contributed by atoms with Gasteiger partial charge in [0.05, 0.1) is 20.6 Å². The fourth-order valence-electron chi connectivity index (χ4n) is 4.24. The van der Waals surface area contributed by atoms with Gasteiger partial charge in [0, 0.05) is 15.8 Å². The van der Waals surface area contributed by atoms with Gasteiger partial charge in [-0.05, 0) is 12.8 Å². The summed E-state index contributed by atoms with van der Waals surface area (Å²) < 4.78 is 1.12. The summed E-state index contributed by atoms with van der Waals surface area (Å²) in [6, 6.07) is 12.4. The van der Waals surface area contributed by atoms with Crippen LogP contribution in [0.3, 0.4) is 0 Å². The van der Waals surface area contributed by atoms with Crippen LogP contribution in [0, 0.1) is 0 Å². The number of benzene rings is 1. The quantitative estimate of drug-likeness (QED) is 0.134. The Morgan fingerprint density at radius 1 is 0.571 bits per heavy atom. The minimum absolute atomic E-state index is 1.12. The topological polar surface area (TPSA) is 0 Å². The summed E-state index contributed by atoms with van der Waals surface area (Å²) in [5.41, 5.74) is 1.46. The number of hydrogen-bond acceptors (Lipinski definition) is 0. The van der Waals surface area contributed by atoms with Gasteiger partial charge < -0.3 is 4.48 Å². The second kappa shape index (κ2) is 17.3. The monoisotopic (exact) mass is 404 g/mol. The summed E-state index contributed by atoms with van der Waals surface area (Å²) in [4.78, 5) is 0. The van der Waals surface area contributed by atoms with E-state index in [1.165, 1.54) is 125 Å². The summed E-state index contributed by atoms with van der Waals surface area (Å²) in [5.74, 6) is 0. The molecule has 0 heterocycles. The van der Waals surface area contributed by atoms with Crippen LogP contribution in [0.1, 0.15) is 102 Å². The molecule has 0 N–H and O–H groups in total. The first-order valence-electron chi connectivity index (χ1n) is 12.5. The van der Waals surface area contributed by atoms with Crippen molar-refractivity contribution in [3.63, 3.8) is 0 Å². The number of unbranched alkanes of at least 4 members (excludes halogenated alkanes) is 14. The van der Waals surface area contributed by atoms with E-state index < -0.39 is 0 Å². The van der Waals surface area contributed by atoms with E-state index in [-0.39, 0.29) is 0 Å². The van der Waals surface area contributed by atoms with Gasteiger partial charge in [0.25, 0.3) is 0 Å². The summed E-state index contributed by atoms with van der Waals surface area (Å²) in [6.45, 7) is 2.45. The largest absolute Gasteiger partial charge is 0.325 e. The third-order valence-electron chi connectivity index (χ3n) is 6.07. The molecule has 1 nitrogen and oxygen atoms in total. The Kier molecular flexibility index (Phi) is 15.7. The number of rotatable bonds is 19. The molecule has 0 bridgehead atoms. The first-order chi connectivity index (χ1) is 13.6. The van der Waals surface area contributed by atoms with Crippen molar-refractivity contribution in [1.29, 1.82) is 0 Å². The smallest absolute Gasteiger partial charge is 0.104 e. The zero-order valence-electron chi connectivity index (χ0n) is 19.6. The SMILES string of the molecule is C[N+](C)(CCCCCCCCCCCCCCCCC[SiH3])Cc1ccccc1. The first kappa shape index (κ1) is 25.4. The van der Waals surface area contributed by atoms with Crippen molar-refractivity contribution in [2.75, 3.05) is 20.6 Å². The summed E-state index contributed by atoms with van der Waals surface area (Å²) >= 11 is 0. The Bertz CT molecular complexity index is 443. The number of quaternary nitrogens is 1. The van der Waals surface area contributed by atoms with Gasteiger partial charge in [-0.2, -0.15) is 0 Å². The van der Waals surface area contributed by atoms with Crippen molar-refractivity contribution < 1.29 is 4.48 Å². The minimum atomic E-state index is 1.12. The van der Waals surface area contributed by atoms with Crippen LogP contribution in [0.25, 0.3) is 0 Å². The fourth-order valence-corrected chi connectivity index (χ4v) is 4.74. The van der Waals surface area contributed by atoms with Crippen molar-refractivity contribution in [2.24, 2.45) is 0 Å². The Morgan fingerprint density at radius 2 is 0.964 bits per heavy atom. The lowest BCUT2D eigenvalue weighted by molar-refractivity contribution is -0.903. The van der Waals surface area contributed by atoms with Gasteiger partial charge in [-0.3, -0.25) is 0 Å². The second-order valence-electron chi connectivity index (χ2n) is 9.61. The van der Waals surface area contributed by atoms with E-state index in [2.05, 4.69) is 44.4 Å². The van der Waals surface area contributed by atoms with Crippen LogP contribution >= 0.6 is 0 Å². The molecule has 162 valence electrons. The van der Waals surface area contributed by atoms with Gasteiger partial charge >= 0.3 is 0 Å². The molecule has 0 saturated carbocycles. The van der Waals surface area contributed by atoms with Crippen molar-refractivity contribution >= 4 is 10.2 Å². The van der Waals surface area contributed by atoms with Gasteiger partial charge in [-0.25, -0.2) is 0 Å². The summed E-state index contributed by atoms with van der Waals surface area (Å²) in [7, 11) is 6.15. The molecule has 0 spiro atoms. The molecule has 28 heavy (non-hydrogen) atoms. The highest BCUT2D eigenvalue weighted by Gasteiger charge is 2.14. The average molecular weight is 405 g/mol. The fraction of sp³-hybridized carbons (Fsp3) is 0.769. The summed E-state index contributed by atoms with van der Waals surface area (Å²) in [5, 5.41) is 0. The Labute approximate surface area is 180 Å². The predicted octanol–water partition coefficient (Wildman–Crippen LogP) is 6.90. The molecule has 0 saturated heterocycles. The molecular formula is C26H50NSi+. The van der Waals surface area contributed by atoms with Crippen LogP contribution in [0.15, 0.2) is 30.3 Å². The van der Waals surface area contributed by atoms with E-state index in [0.717, 1.165) is 11.0 Å². The number of nitrogens with zero attached hydrogens (tertiary/aromatic N) is 1. The lowest BCUT2D eigenvalue weighted by Crippen LogP contribution is -2.39. The van der Waals surface area contributed by atoms with Crippen molar-refractivity contribution in [1.82, 2.24) is 0 Å². The third kappa shape index (κ3) is 15.3. The normalized spacial score (nSPS) is 11.9. The van der Waals surface area contributed by atoms with Crippen LogP contribution in [-0.4, -0.2) is 35.4 Å². The molecule has 1 rings (SSSR count). The van der Waals surface area contributed by atoms with Crippen LogP contribution in [0.5, 0.6) is 0 Å². The molecule has 1 aromatic rings. The number of hydrogen-bond donors (Lipinski definition) is 0. The Hall–Kier alpha value is -0.603. The van der Waals surface area contributed by atoms with E-state index in [0.29, 0.717) is 0 Å². The van der Waals surface area contributed by atoms with Crippen molar-refractivity contribution in [3.8, 4) is 0 Å². The zero-order valence-corrected chi connectivity index (χ0v) is 21.6. The lowest BCUT2D eigenvalue weighted by atomic mass is 10.0. The molecule has 0 fully saturated rings. The van der Waals surface area contributed by atoms with Crippen LogP contribution in [0.2, 0.25) is 6.04 Å². The Morgan fingerprint density at radius 3 is 1.39 bits per heavy atom. The highest BCUT2D eigenvalue weighted by Crippen LogP contribution is 2.15. The van der Waals surface area contributed by atoms with Crippen LogP contribution in [-0.2, 0) is 6.54 Å². The summed E-state index contributed by atoms with van der Waals surface area (Å²) in [6.07, 6.45) is 22.0. The van der Waals surface area contributed by atoms with Gasteiger partial charge in [0.15, 0.2) is 0 Å². The predicted molar refractivity (Wildman–Crippen MR) is 131 cm³/mol. The molecule has 2 heteroatoms.